The standard InChI is InChI=1S/C11H11N3O2/c12-11(8-4-2-1-3-5-8)14-6-9(15)13-10(16)7-14/h1-5,12H,6-7H2,(H,13,15,16). The van der Waals surface area contributed by atoms with Crippen LogP contribution in [0.15, 0.2) is 30.3 Å². The lowest BCUT2D eigenvalue weighted by molar-refractivity contribution is -0.134. The van der Waals surface area contributed by atoms with Crippen LogP contribution in [0.3, 0.4) is 0 Å². The van der Waals surface area contributed by atoms with Crippen molar-refractivity contribution < 1.29 is 9.59 Å². The second-order valence-electron chi connectivity index (χ2n) is 3.54. The summed E-state index contributed by atoms with van der Waals surface area (Å²) >= 11 is 0. The highest BCUT2D eigenvalue weighted by Crippen LogP contribution is 2.05. The van der Waals surface area contributed by atoms with Gasteiger partial charge >= 0.3 is 0 Å². The highest BCUT2D eigenvalue weighted by molar-refractivity contribution is 6.06. The third-order valence-electron chi connectivity index (χ3n) is 2.31. The number of hydrogen-bond donors (Lipinski definition) is 2. The molecular formula is C11H11N3O2. The highest BCUT2D eigenvalue weighted by atomic mass is 16.2. The molecule has 2 rings (SSSR count). The predicted octanol–water partition coefficient (Wildman–Crippen LogP) is -0.0296. The van der Waals surface area contributed by atoms with E-state index in [-0.39, 0.29) is 30.7 Å². The number of hydrogen-bond acceptors (Lipinski definition) is 3. The normalized spacial score (nSPS) is 15.9. The molecule has 2 N–H and O–H groups in total. The van der Waals surface area contributed by atoms with Crippen LogP contribution in [0, 0.1) is 5.41 Å². The van der Waals surface area contributed by atoms with Crippen molar-refractivity contribution in [3.05, 3.63) is 35.9 Å². The molecule has 5 heteroatoms. The molecule has 1 saturated heterocycles. The Morgan fingerprint density at radius 3 is 2.25 bits per heavy atom. The lowest BCUT2D eigenvalue weighted by Crippen LogP contribution is -2.53. The first kappa shape index (κ1) is 10.4. The van der Waals surface area contributed by atoms with Crippen molar-refractivity contribution in [2.45, 2.75) is 0 Å². The molecule has 0 aliphatic carbocycles. The number of benzene rings is 1. The van der Waals surface area contributed by atoms with Crippen LogP contribution in [0.5, 0.6) is 0 Å². The number of amidine groups is 1. The molecule has 0 aromatic heterocycles. The van der Waals surface area contributed by atoms with Gasteiger partial charge < -0.3 is 4.90 Å². The maximum Gasteiger partial charge on any atom is 0.246 e. The number of piperazine rings is 1. The largest absolute Gasteiger partial charge is 0.338 e. The van der Waals surface area contributed by atoms with E-state index >= 15 is 0 Å². The summed E-state index contributed by atoms with van der Waals surface area (Å²) in [6.07, 6.45) is 0. The minimum absolute atomic E-state index is 0.0550. The van der Waals surface area contributed by atoms with E-state index in [0.29, 0.717) is 5.56 Å². The van der Waals surface area contributed by atoms with Gasteiger partial charge in [-0.1, -0.05) is 30.3 Å². The molecule has 0 saturated carbocycles. The Kier molecular flexibility index (Phi) is 2.68. The SMILES string of the molecule is N=C(c1ccccc1)N1CC(=O)NC(=O)C1. The molecule has 1 aliphatic heterocycles. The smallest absolute Gasteiger partial charge is 0.246 e. The van der Waals surface area contributed by atoms with Gasteiger partial charge in [0.05, 0.1) is 13.1 Å². The summed E-state index contributed by atoms with van der Waals surface area (Å²) in [5.41, 5.74) is 0.699. The van der Waals surface area contributed by atoms with E-state index in [1.54, 1.807) is 12.1 Å². The first-order chi connectivity index (χ1) is 7.66. The Bertz CT molecular complexity index is 426. The fraction of sp³-hybridized carbons (Fsp3) is 0.182. The number of carbonyl (C=O) groups excluding carboxylic acids is 2. The third-order valence-corrected chi connectivity index (χ3v) is 2.31. The van der Waals surface area contributed by atoms with Crippen molar-refractivity contribution in [3.8, 4) is 0 Å². The Hall–Kier alpha value is -2.17. The average molecular weight is 217 g/mol. The Balaban J connectivity index is 2.16. The first-order valence-corrected chi connectivity index (χ1v) is 4.88. The lowest BCUT2D eigenvalue weighted by atomic mass is 10.2. The number of rotatable bonds is 1. The van der Waals surface area contributed by atoms with E-state index in [1.165, 1.54) is 4.90 Å². The van der Waals surface area contributed by atoms with Crippen LogP contribution in [-0.4, -0.2) is 35.6 Å². The van der Waals surface area contributed by atoms with Crippen molar-refractivity contribution in [2.75, 3.05) is 13.1 Å². The van der Waals surface area contributed by atoms with Crippen LogP contribution in [0.4, 0.5) is 0 Å². The number of carbonyl (C=O) groups is 2. The summed E-state index contributed by atoms with van der Waals surface area (Å²) in [6.45, 7) is 0.110. The molecule has 1 aromatic carbocycles. The second-order valence-corrected chi connectivity index (χ2v) is 3.54. The van der Waals surface area contributed by atoms with Gasteiger partial charge in [0.15, 0.2) is 0 Å². The average Bonchev–Trinajstić information content (AvgIpc) is 2.28. The molecular weight excluding hydrogens is 206 g/mol. The summed E-state index contributed by atoms with van der Waals surface area (Å²) in [6, 6.07) is 9.04. The van der Waals surface area contributed by atoms with Crippen molar-refractivity contribution in [1.82, 2.24) is 10.2 Å². The maximum absolute atomic E-state index is 11.1. The van der Waals surface area contributed by atoms with E-state index < -0.39 is 0 Å². The zero-order valence-corrected chi connectivity index (χ0v) is 8.56. The zero-order chi connectivity index (χ0) is 11.5. The third kappa shape index (κ3) is 2.08. The summed E-state index contributed by atoms with van der Waals surface area (Å²) in [5, 5.41) is 10.1. The fourth-order valence-corrected chi connectivity index (χ4v) is 1.57. The van der Waals surface area contributed by atoms with Gasteiger partial charge in [-0.15, -0.1) is 0 Å². The van der Waals surface area contributed by atoms with Gasteiger partial charge in [-0.2, -0.15) is 0 Å². The Morgan fingerprint density at radius 1 is 1.12 bits per heavy atom. The minimum Gasteiger partial charge on any atom is -0.338 e. The molecule has 5 nitrogen and oxygen atoms in total. The molecule has 82 valence electrons. The molecule has 0 unspecified atom stereocenters. The molecule has 0 bridgehead atoms. The van der Waals surface area contributed by atoms with Crippen LogP contribution in [0.1, 0.15) is 5.56 Å². The van der Waals surface area contributed by atoms with Gasteiger partial charge in [-0.05, 0) is 0 Å². The van der Waals surface area contributed by atoms with Crippen molar-refractivity contribution in [2.24, 2.45) is 0 Å². The van der Waals surface area contributed by atoms with E-state index in [4.69, 9.17) is 5.41 Å². The fourth-order valence-electron chi connectivity index (χ4n) is 1.57. The monoisotopic (exact) mass is 217 g/mol. The highest BCUT2D eigenvalue weighted by Gasteiger charge is 2.24. The molecule has 2 amide bonds. The quantitative estimate of drug-likeness (QED) is 0.394. The van der Waals surface area contributed by atoms with Gasteiger partial charge in [0.25, 0.3) is 0 Å². The molecule has 1 fully saturated rings. The molecule has 0 spiro atoms. The van der Waals surface area contributed by atoms with E-state index in [1.807, 2.05) is 18.2 Å². The number of imide groups is 1. The maximum atomic E-state index is 11.1. The van der Waals surface area contributed by atoms with Gasteiger partial charge in [-0.25, -0.2) is 0 Å². The predicted molar refractivity (Wildman–Crippen MR) is 58.0 cm³/mol. The number of nitrogens with zero attached hydrogens (tertiary/aromatic N) is 1. The number of nitrogens with one attached hydrogen (secondary N) is 2. The van der Waals surface area contributed by atoms with E-state index in [0.717, 1.165) is 0 Å². The minimum atomic E-state index is -0.364. The molecule has 16 heavy (non-hydrogen) atoms. The van der Waals surface area contributed by atoms with Crippen LogP contribution >= 0.6 is 0 Å². The lowest BCUT2D eigenvalue weighted by Gasteiger charge is -2.27. The van der Waals surface area contributed by atoms with Crippen LogP contribution in [-0.2, 0) is 9.59 Å². The van der Waals surface area contributed by atoms with Crippen LogP contribution in [0.25, 0.3) is 0 Å². The van der Waals surface area contributed by atoms with Gasteiger partial charge in [0.1, 0.15) is 5.84 Å². The molecule has 0 atom stereocenters. The Morgan fingerprint density at radius 2 is 1.69 bits per heavy atom. The van der Waals surface area contributed by atoms with Crippen molar-refractivity contribution in [3.63, 3.8) is 0 Å². The molecule has 0 radical (unpaired) electrons. The summed E-state index contributed by atoms with van der Waals surface area (Å²) in [5.74, 6) is -0.530. The van der Waals surface area contributed by atoms with Crippen LogP contribution in [0.2, 0.25) is 0 Å². The van der Waals surface area contributed by atoms with Gasteiger partial charge in [0.2, 0.25) is 11.8 Å². The van der Waals surface area contributed by atoms with Gasteiger partial charge in [0, 0.05) is 5.56 Å². The van der Waals surface area contributed by atoms with Crippen LogP contribution < -0.4 is 5.32 Å². The van der Waals surface area contributed by atoms with Gasteiger partial charge in [-0.3, -0.25) is 20.3 Å². The van der Waals surface area contributed by atoms with E-state index in [2.05, 4.69) is 5.32 Å². The van der Waals surface area contributed by atoms with Crippen molar-refractivity contribution >= 4 is 17.6 Å². The van der Waals surface area contributed by atoms with Crippen molar-refractivity contribution in [1.29, 1.82) is 5.41 Å². The molecule has 1 aromatic rings. The summed E-state index contributed by atoms with van der Waals surface area (Å²) in [7, 11) is 0. The topological polar surface area (TPSA) is 73.3 Å². The molecule has 1 aliphatic rings. The summed E-state index contributed by atoms with van der Waals surface area (Å²) in [4.78, 5) is 23.8. The first-order valence-electron chi connectivity index (χ1n) is 4.88. The van der Waals surface area contributed by atoms with E-state index in [9.17, 15) is 9.59 Å². The summed E-state index contributed by atoms with van der Waals surface area (Å²) < 4.78 is 0. The second kappa shape index (κ2) is 4.14. The zero-order valence-electron chi connectivity index (χ0n) is 8.56. The molecule has 1 heterocycles. The number of amides is 2. The Labute approximate surface area is 92.6 Å².